The zero-order valence-corrected chi connectivity index (χ0v) is 12.1. The summed E-state index contributed by atoms with van der Waals surface area (Å²) >= 11 is 0. The molecular weight excluding hydrogens is 288 g/mol. The molecule has 116 valence electrons. The molecule has 8 nitrogen and oxygen atoms in total. The van der Waals surface area contributed by atoms with Gasteiger partial charge in [0.05, 0.1) is 13.2 Å². The highest BCUT2D eigenvalue weighted by atomic mass is 16.6. The Labute approximate surface area is 127 Å². The summed E-state index contributed by atoms with van der Waals surface area (Å²) in [5, 5.41) is 11.2. The normalized spacial score (nSPS) is 10.2. The molecule has 0 aliphatic carbocycles. The maximum Gasteiger partial charge on any atom is 0.317 e. The smallest absolute Gasteiger partial charge is 0.317 e. The third kappa shape index (κ3) is 4.65. The van der Waals surface area contributed by atoms with Crippen LogP contribution in [0.3, 0.4) is 0 Å². The Hall–Kier alpha value is -2.77. The zero-order chi connectivity index (χ0) is 15.8. The number of benzene rings is 1. The number of esters is 2. The van der Waals surface area contributed by atoms with E-state index in [2.05, 4.69) is 20.3 Å². The van der Waals surface area contributed by atoms with Gasteiger partial charge in [0, 0.05) is 0 Å². The van der Waals surface area contributed by atoms with Gasteiger partial charge in [-0.25, -0.2) is 4.68 Å². The van der Waals surface area contributed by atoms with E-state index in [1.165, 1.54) is 4.68 Å². The fraction of sp³-hybridized carbons (Fsp3) is 0.357. The first kappa shape index (κ1) is 15.6. The number of tetrazole rings is 1. The molecule has 1 aromatic carbocycles. The molecule has 0 N–H and O–H groups in total. The first-order valence-electron chi connectivity index (χ1n) is 6.79. The van der Waals surface area contributed by atoms with E-state index in [1.807, 2.05) is 30.3 Å². The molecule has 0 saturated carbocycles. The fourth-order valence-electron chi connectivity index (χ4n) is 1.73. The summed E-state index contributed by atoms with van der Waals surface area (Å²) in [4.78, 5) is 22.6. The number of hydrogen-bond acceptors (Lipinski definition) is 7. The number of aromatic nitrogens is 4. The lowest BCUT2D eigenvalue weighted by Gasteiger charge is -2.06. The van der Waals surface area contributed by atoms with Crippen molar-refractivity contribution in [1.29, 1.82) is 0 Å². The number of ether oxygens (including phenoxy) is 2. The number of carbonyl (C=O) groups is 2. The summed E-state index contributed by atoms with van der Waals surface area (Å²) in [6.45, 7) is 2.26. The number of hydrogen-bond donors (Lipinski definition) is 0. The highest BCUT2D eigenvalue weighted by Crippen LogP contribution is 2.04. The van der Waals surface area contributed by atoms with E-state index in [4.69, 9.17) is 4.74 Å². The quantitative estimate of drug-likeness (QED) is 0.549. The molecule has 2 aromatic rings. The van der Waals surface area contributed by atoms with Crippen LogP contribution >= 0.6 is 0 Å². The van der Waals surface area contributed by atoms with Gasteiger partial charge < -0.3 is 9.47 Å². The van der Waals surface area contributed by atoms with Crippen LogP contribution in [0.1, 0.15) is 24.7 Å². The predicted octanol–water partition coefficient (Wildman–Crippen LogP) is 0.718. The average Bonchev–Trinajstić information content (AvgIpc) is 2.93. The Bertz CT molecular complexity index is 627. The van der Waals surface area contributed by atoms with E-state index >= 15 is 0 Å². The van der Waals surface area contributed by atoms with Crippen LogP contribution in [0, 0.1) is 0 Å². The monoisotopic (exact) mass is 304 g/mol. The zero-order valence-electron chi connectivity index (χ0n) is 12.1. The Morgan fingerprint density at radius 3 is 2.59 bits per heavy atom. The number of rotatable bonds is 7. The SMILES string of the molecule is CCOC(=O)CC(=O)OCc1nnnn1Cc1ccccc1. The van der Waals surface area contributed by atoms with E-state index in [-0.39, 0.29) is 13.2 Å². The van der Waals surface area contributed by atoms with Crippen LogP contribution in [0.4, 0.5) is 0 Å². The average molecular weight is 304 g/mol. The second kappa shape index (κ2) is 7.87. The largest absolute Gasteiger partial charge is 0.466 e. The van der Waals surface area contributed by atoms with Gasteiger partial charge in [-0.15, -0.1) is 5.10 Å². The highest BCUT2D eigenvalue weighted by molar-refractivity contribution is 5.91. The molecular formula is C14H16N4O4. The Morgan fingerprint density at radius 2 is 1.86 bits per heavy atom. The minimum absolute atomic E-state index is 0.0991. The van der Waals surface area contributed by atoms with E-state index in [1.54, 1.807) is 6.92 Å². The van der Waals surface area contributed by atoms with Gasteiger partial charge in [0.25, 0.3) is 0 Å². The Morgan fingerprint density at radius 1 is 1.14 bits per heavy atom. The van der Waals surface area contributed by atoms with Crippen molar-refractivity contribution < 1.29 is 19.1 Å². The fourth-order valence-corrected chi connectivity index (χ4v) is 1.73. The van der Waals surface area contributed by atoms with E-state index in [0.29, 0.717) is 12.4 Å². The number of nitrogens with zero attached hydrogens (tertiary/aromatic N) is 4. The standard InChI is InChI=1S/C14H16N4O4/c1-2-21-13(19)8-14(20)22-10-12-15-16-17-18(12)9-11-6-4-3-5-7-11/h3-7H,2,8-10H2,1H3. The van der Waals surface area contributed by atoms with Crippen LogP contribution < -0.4 is 0 Å². The first-order valence-corrected chi connectivity index (χ1v) is 6.79. The van der Waals surface area contributed by atoms with Gasteiger partial charge in [-0.3, -0.25) is 9.59 Å². The van der Waals surface area contributed by atoms with Gasteiger partial charge in [-0.05, 0) is 22.9 Å². The van der Waals surface area contributed by atoms with Crippen LogP contribution in [0.2, 0.25) is 0 Å². The Balaban J connectivity index is 1.88. The second-order valence-corrected chi connectivity index (χ2v) is 4.38. The predicted molar refractivity (Wildman–Crippen MR) is 74.4 cm³/mol. The van der Waals surface area contributed by atoms with Crippen molar-refractivity contribution in [3.05, 3.63) is 41.7 Å². The van der Waals surface area contributed by atoms with Crippen molar-refractivity contribution in [2.45, 2.75) is 26.5 Å². The molecule has 0 fully saturated rings. The lowest BCUT2D eigenvalue weighted by molar-refractivity contribution is -0.155. The molecule has 0 spiro atoms. The van der Waals surface area contributed by atoms with Crippen LogP contribution in [-0.2, 0) is 32.2 Å². The molecule has 0 aliphatic heterocycles. The molecule has 0 unspecified atom stereocenters. The van der Waals surface area contributed by atoms with Crippen molar-refractivity contribution in [2.24, 2.45) is 0 Å². The molecule has 8 heteroatoms. The topological polar surface area (TPSA) is 96.2 Å². The third-order valence-corrected chi connectivity index (χ3v) is 2.74. The van der Waals surface area contributed by atoms with Gasteiger partial charge in [0.15, 0.2) is 12.4 Å². The van der Waals surface area contributed by atoms with Gasteiger partial charge >= 0.3 is 11.9 Å². The van der Waals surface area contributed by atoms with Crippen molar-refractivity contribution in [2.75, 3.05) is 6.61 Å². The third-order valence-electron chi connectivity index (χ3n) is 2.74. The minimum atomic E-state index is -0.673. The van der Waals surface area contributed by atoms with Crippen molar-refractivity contribution >= 4 is 11.9 Å². The summed E-state index contributed by atoms with van der Waals surface area (Å²) < 4.78 is 11.2. The van der Waals surface area contributed by atoms with Crippen molar-refractivity contribution in [3.63, 3.8) is 0 Å². The van der Waals surface area contributed by atoms with Crippen LogP contribution in [0.15, 0.2) is 30.3 Å². The molecule has 0 radical (unpaired) electrons. The first-order chi connectivity index (χ1) is 10.7. The molecule has 1 aromatic heterocycles. The molecule has 22 heavy (non-hydrogen) atoms. The summed E-state index contributed by atoms with van der Waals surface area (Å²) in [6.07, 6.45) is -0.423. The van der Waals surface area contributed by atoms with Crippen LogP contribution in [-0.4, -0.2) is 38.8 Å². The molecule has 0 aliphatic rings. The minimum Gasteiger partial charge on any atom is -0.466 e. The maximum absolute atomic E-state index is 11.5. The van der Waals surface area contributed by atoms with E-state index in [0.717, 1.165) is 5.56 Å². The maximum atomic E-state index is 11.5. The van der Waals surface area contributed by atoms with Gasteiger partial charge in [-0.1, -0.05) is 30.3 Å². The van der Waals surface area contributed by atoms with E-state index in [9.17, 15) is 9.59 Å². The summed E-state index contributed by atoms with van der Waals surface area (Å²) in [7, 11) is 0. The van der Waals surface area contributed by atoms with Gasteiger partial charge in [0.1, 0.15) is 6.42 Å². The van der Waals surface area contributed by atoms with Crippen LogP contribution in [0.25, 0.3) is 0 Å². The van der Waals surface area contributed by atoms with Crippen molar-refractivity contribution in [1.82, 2.24) is 20.2 Å². The summed E-state index contributed by atoms with van der Waals surface area (Å²) in [6, 6.07) is 9.63. The van der Waals surface area contributed by atoms with Crippen molar-refractivity contribution in [3.8, 4) is 0 Å². The Kier molecular flexibility index (Phi) is 5.58. The second-order valence-electron chi connectivity index (χ2n) is 4.38. The lowest BCUT2D eigenvalue weighted by Crippen LogP contribution is -2.15. The molecule has 0 bridgehead atoms. The van der Waals surface area contributed by atoms with Gasteiger partial charge in [-0.2, -0.15) is 0 Å². The molecule has 2 rings (SSSR count). The highest BCUT2D eigenvalue weighted by Gasteiger charge is 2.14. The summed E-state index contributed by atoms with van der Waals surface area (Å²) in [5.74, 6) is -0.884. The molecule has 1 heterocycles. The van der Waals surface area contributed by atoms with Crippen LogP contribution in [0.5, 0.6) is 0 Å². The summed E-state index contributed by atoms with van der Waals surface area (Å²) in [5.41, 5.74) is 1.02. The van der Waals surface area contributed by atoms with E-state index < -0.39 is 18.4 Å². The molecule has 0 amide bonds. The number of carbonyl (C=O) groups excluding carboxylic acids is 2. The van der Waals surface area contributed by atoms with Gasteiger partial charge in [0.2, 0.25) is 0 Å². The molecule has 0 saturated heterocycles. The lowest BCUT2D eigenvalue weighted by atomic mass is 10.2. The molecule has 0 atom stereocenters.